The number of nitrogens with one attached hydrogen (secondary N) is 1. The Kier molecular flexibility index (Phi) is 7.13. The highest BCUT2D eigenvalue weighted by atomic mass is 32.2. The van der Waals surface area contributed by atoms with Crippen molar-refractivity contribution in [2.24, 2.45) is 5.92 Å². The Morgan fingerprint density at radius 1 is 1.21 bits per heavy atom. The van der Waals surface area contributed by atoms with Gasteiger partial charge in [-0.05, 0) is 42.0 Å². The lowest BCUT2D eigenvalue weighted by atomic mass is 9.76. The maximum atomic E-state index is 13.7. The average molecular weight is 478 g/mol. The molecule has 176 valence electrons. The van der Waals surface area contributed by atoms with Gasteiger partial charge in [0, 0.05) is 12.8 Å². The van der Waals surface area contributed by atoms with Gasteiger partial charge >= 0.3 is 0 Å². The maximum absolute atomic E-state index is 13.7. The zero-order valence-electron chi connectivity index (χ0n) is 19.0. The molecule has 34 heavy (non-hydrogen) atoms. The van der Waals surface area contributed by atoms with E-state index in [9.17, 15) is 18.5 Å². The summed E-state index contributed by atoms with van der Waals surface area (Å²) in [5, 5.41) is 12.7. The highest BCUT2D eigenvalue weighted by molar-refractivity contribution is 7.90. The zero-order valence-corrected chi connectivity index (χ0v) is 19.8. The van der Waals surface area contributed by atoms with Gasteiger partial charge in [0.15, 0.2) is 15.7 Å². The molecule has 0 aliphatic heterocycles. The predicted octanol–water partition coefficient (Wildman–Crippen LogP) is 4.32. The first-order chi connectivity index (χ1) is 16.4. The SMILES string of the molecule is CS(=O)(=O)c1ccc(C(C(=O)NCc2ccccc2)C(c2ncco2)C2CCCC2)cc1C#N. The number of nitriles is 1. The summed E-state index contributed by atoms with van der Waals surface area (Å²) >= 11 is 0. The van der Waals surface area contributed by atoms with Gasteiger partial charge in [0.1, 0.15) is 12.3 Å². The van der Waals surface area contributed by atoms with Crippen LogP contribution in [0.4, 0.5) is 0 Å². The number of sulfone groups is 1. The number of hydrogen-bond acceptors (Lipinski definition) is 6. The lowest BCUT2D eigenvalue weighted by Gasteiger charge is -2.29. The highest BCUT2D eigenvalue weighted by Crippen LogP contribution is 2.45. The summed E-state index contributed by atoms with van der Waals surface area (Å²) in [5.41, 5.74) is 1.57. The molecule has 0 spiro atoms. The van der Waals surface area contributed by atoms with Gasteiger partial charge in [-0.2, -0.15) is 5.26 Å². The molecule has 1 heterocycles. The van der Waals surface area contributed by atoms with E-state index in [0.717, 1.165) is 37.5 Å². The fraction of sp³-hybridized carbons (Fsp3) is 0.346. The van der Waals surface area contributed by atoms with Crippen LogP contribution in [-0.2, 0) is 21.2 Å². The molecule has 0 bridgehead atoms. The highest BCUT2D eigenvalue weighted by Gasteiger charge is 2.40. The molecular formula is C26H27N3O4S. The van der Waals surface area contributed by atoms with Crippen LogP contribution < -0.4 is 5.32 Å². The molecule has 7 nitrogen and oxygen atoms in total. The third kappa shape index (κ3) is 5.20. The Balaban J connectivity index is 1.77. The molecule has 2 unspecified atom stereocenters. The third-order valence-corrected chi connectivity index (χ3v) is 7.63. The van der Waals surface area contributed by atoms with Crippen LogP contribution in [0.2, 0.25) is 0 Å². The van der Waals surface area contributed by atoms with E-state index >= 15 is 0 Å². The second-order valence-corrected chi connectivity index (χ2v) is 10.7. The molecule has 2 aromatic carbocycles. The van der Waals surface area contributed by atoms with Gasteiger partial charge in [-0.25, -0.2) is 13.4 Å². The van der Waals surface area contributed by atoms with Crippen LogP contribution in [0.15, 0.2) is 70.3 Å². The smallest absolute Gasteiger partial charge is 0.228 e. The van der Waals surface area contributed by atoms with Crippen LogP contribution >= 0.6 is 0 Å². The van der Waals surface area contributed by atoms with Gasteiger partial charge < -0.3 is 9.73 Å². The van der Waals surface area contributed by atoms with Crippen molar-refractivity contribution < 1.29 is 17.6 Å². The van der Waals surface area contributed by atoms with E-state index < -0.39 is 15.8 Å². The molecule has 1 aliphatic rings. The summed E-state index contributed by atoms with van der Waals surface area (Å²) in [6, 6.07) is 16.2. The second-order valence-electron chi connectivity index (χ2n) is 8.76. The standard InChI is InChI=1S/C26H27N3O4S/c1-34(31,32)22-12-11-20(15-21(22)16-27)23(25(30)29-17-18-7-3-2-4-8-18)24(19-9-5-6-10-19)26-28-13-14-33-26/h2-4,7-8,11-15,19,23-24H,5-6,9-10,17H2,1H3,(H,29,30). The summed E-state index contributed by atoms with van der Waals surface area (Å²) < 4.78 is 30.0. The number of carbonyl (C=O) groups is 1. The molecule has 4 rings (SSSR count). The molecule has 1 amide bonds. The van der Waals surface area contributed by atoms with Gasteiger partial charge in [-0.3, -0.25) is 4.79 Å². The topological polar surface area (TPSA) is 113 Å². The molecular weight excluding hydrogens is 450 g/mol. The van der Waals surface area contributed by atoms with E-state index in [1.807, 2.05) is 36.4 Å². The van der Waals surface area contributed by atoms with Crippen LogP contribution in [0.1, 0.15) is 60.1 Å². The van der Waals surface area contributed by atoms with Crippen molar-refractivity contribution in [2.45, 2.75) is 49.0 Å². The largest absolute Gasteiger partial charge is 0.449 e. The number of aromatic nitrogens is 1. The fourth-order valence-corrected chi connectivity index (χ4v) is 5.72. The van der Waals surface area contributed by atoms with Gasteiger partial charge in [0.25, 0.3) is 0 Å². The minimum Gasteiger partial charge on any atom is -0.449 e. The molecule has 1 N–H and O–H groups in total. The lowest BCUT2D eigenvalue weighted by Crippen LogP contribution is -2.35. The van der Waals surface area contributed by atoms with E-state index in [1.165, 1.54) is 18.4 Å². The Bertz CT molecular complexity index is 1280. The predicted molar refractivity (Wildman–Crippen MR) is 126 cm³/mol. The summed E-state index contributed by atoms with van der Waals surface area (Å²) in [4.78, 5) is 18.1. The number of amides is 1. The van der Waals surface area contributed by atoms with E-state index in [-0.39, 0.29) is 28.2 Å². The number of oxazole rings is 1. The molecule has 1 aliphatic carbocycles. The quantitative estimate of drug-likeness (QED) is 0.517. The Morgan fingerprint density at radius 2 is 1.94 bits per heavy atom. The second kappa shape index (κ2) is 10.2. The summed E-state index contributed by atoms with van der Waals surface area (Å²) in [6.07, 6.45) is 8.17. The molecule has 3 aromatic rings. The normalized spacial score (nSPS) is 16.0. The van der Waals surface area contributed by atoms with Crippen LogP contribution in [0.3, 0.4) is 0 Å². The van der Waals surface area contributed by atoms with Gasteiger partial charge in [-0.1, -0.05) is 49.2 Å². The van der Waals surface area contributed by atoms with E-state index in [2.05, 4.69) is 10.3 Å². The van der Waals surface area contributed by atoms with Crippen molar-refractivity contribution in [1.82, 2.24) is 10.3 Å². The number of nitrogens with zero attached hydrogens (tertiary/aromatic N) is 2. The van der Waals surface area contributed by atoms with Crippen LogP contribution in [0.25, 0.3) is 0 Å². The first-order valence-electron chi connectivity index (χ1n) is 11.3. The Labute approximate surface area is 199 Å². The first kappa shape index (κ1) is 23.7. The Morgan fingerprint density at radius 3 is 2.56 bits per heavy atom. The Hall–Kier alpha value is -3.44. The average Bonchev–Trinajstić information content (AvgIpc) is 3.55. The number of benzene rings is 2. The minimum atomic E-state index is -3.59. The molecule has 1 saturated carbocycles. The maximum Gasteiger partial charge on any atom is 0.228 e. The van der Waals surface area contributed by atoms with Crippen molar-refractivity contribution in [3.05, 3.63) is 83.6 Å². The summed E-state index contributed by atoms with van der Waals surface area (Å²) in [5.74, 6) is -0.561. The third-order valence-electron chi connectivity index (χ3n) is 6.48. The fourth-order valence-electron chi connectivity index (χ4n) is 4.90. The van der Waals surface area contributed by atoms with Crippen LogP contribution in [0, 0.1) is 17.2 Å². The molecule has 1 fully saturated rings. The van der Waals surface area contributed by atoms with Crippen molar-refractivity contribution in [3.8, 4) is 6.07 Å². The number of rotatable bonds is 8. The molecule has 8 heteroatoms. The summed E-state index contributed by atoms with van der Waals surface area (Å²) in [6.45, 7) is 0.353. The van der Waals surface area contributed by atoms with E-state index in [1.54, 1.807) is 12.3 Å². The minimum absolute atomic E-state index is 0.0263. The van der Waals surface area contributed by atoms with Crippen LogP contribution in [-0.4, -0.2) is 25.6 Å². The number of carbonyl (C=O) groups excluding carboxylic acids is 1. The monoisotopic (exact) mass is 477 g/mol. The van der Waals surface area contributed by atoms with E-state index in [0.29, 0.717) is 18.0 Å². The van der Waals surface area contributed by atoms with Gasteiger partial charge in [-0.15, -0.1) is 0 Å². The van der Waals surface area contributed by atoms with Crippen molar-refractivity contribution in [2.75, 3.05) is 6.26 Å². The van der Waals surface area contributed by atoms with Crippen molar-refractivity contribution >= 4 is 15.7 Å². The molecule has 0 saturated heterocycles. The zero-order chi connectivity index (χ0) is 24.1. The lowest BCUT2D eigenvalue weighted by molar-refractivity contribution is -0.123. The van der Waals surface area contributed by atoms with Crippen LogP contribution in [0.5, 0.6) is 0 Å². The number of hydrogen-bond donors (Lipinski definition) is 1. The molecule has 2 atom stereocenters. The van der Waals surface area contributed by atoms with Crippen molar-refractivity contribution in [1.29, 1.82) is 5.26 Å². The van der Waals surface area contributed by atoms with Gasteiger partial charge in [0.2, 0.25) is 5.91 Å². The summed E-state index contributed by atoms with van der Waals surface area (Å²) in [7, 11) is -3.59. The van der Waals surface area contributed by atoms with Gasteiger partial charge in [0.05, 0.1) is 28.5 Å². The van der Waals surface area contributed by atoms with Crippen molar-refractivity contribution in [3.63, 3.8) is 0 Å². The molecule has 1 aromatic heterocycles. The van der Waals surface area contributed by atoms with E-state index in [4.69, 9.17) is 4.42 Å². The molecule has 0 radical (unpaired) electrons. The first-order valence-corrected chi connectivity index (χ1v) is 13.2.